The Bertz CT molecular complexity index is 606. The summed E-state index contributed by atoms with van der Waals surface area (Å²) < 4.78 is 46.0. The molecule has 2 unspecified atom stereocenters. The van der Waals surface area contributed by atoms with Gasteiger partial charge in [-0.2, -0.15) is 0 Å². The van der Waals surface area contributed by atoms with Crippen molar-refractivity contribution in [2.45, 2.75) is 83.3 Å². The zero-order chi connectivity index (χ0) is 20.0. The summed E-state index contributed by atoms with van der Waals surface area (Å²) in [5.74, 6) is 0.268. The number of ether oxygens (including phenoxy) is 3. The highest BCUT2D eigenvalue weighted by atomic mass is 19.1. The lowest BCUT2D eigenvalue weighted by molar-refractivity contribution is -0.239. The van der Waals surface area contributed by atoms with Gasteiger partial charge >= 0.3 is 0 Å². The minimum atomic E-state index is -1.43. The van der Waals surface area contributed by atoms with E-state index in [2.05, 4.69) is 6.92 Å². The van der Waals surface area contributed by atoms with E-state index in [1.54, 1.807) is 0 Å². The van der Waals surface area contributed by atoms with E-state index >= 15 is 0 Å². The second kappa shape index (κ2) is 10.1. The molecule has 158 valence electrons. The fourth-order valence-corrected chi connectivity index (χ4v) is 4.23. The van der Waals surface area contributed by atoms with Gasteiger partial charge in [0.15, 0.2) is 12.0 Å². The Morgan fingerprint density at radius 3 is 2.43 bits per heavy atom. The monoisotopic (exact) mass is 396 g/mol. The lowest BCUT2D eigenvalue weighted by atomic mass is 9.91. The van der Waals surface area contributed by atoms with Gasteiger partial charge in [0.2, 0.25) is 0 Å². The number of aryl methyl sites for hydroxylation is 1. The second-order valence-corrected chi connectivity index (χ2v) is 8.43. The highest BCUT2D eigenvalue weighted by molar-refractivity contribution is 5.25. The smallest absolute Gasteiger partial charge is 0.184 e. The number of rotatable bonds is 8. The summed E-state index contributed by atoms with van der Waals surface area (Å²) in [5, 5.41) is 0. The predicted molar refractivity (Wildman–Crippen MR) is 105 cm³/mol. The molecule has 2 aliphatic heterocycles. The molecule has 3 nitrogen and oxygen atoms in total. The van der Waals surface area contributed by atoms with Gasteiger partial charge in [-0.3, -0.25) is 0 Å². The van der Waals surface area contributed by atoms with Gasteiger partial charge in [0, 0.05) is 12.2 Å². The maximum atomic E-state index is 14.6. The van der Waals surface area contributed by atoms with Crippen molar-refractivity contribution >= 4 is 0 Å². The Balaban J connectivity index is 1.48. The van der Waals surface area contributed by atoms with Gasteiger partial charge < -0.3 is 14.2 Å². The van der Waals surface area contributed by atoms with Crippen LogP contribution in [0.3, 0.4) is 0 Å². The first-order valence-electron chi connectivity index (χ1n) is 10.8. The fraction of sp³-hybridized carbons (Fsp3) is 0.739. The van der Waals surface area contributed by atoms with Gasteiger partial charge in [0.1, 0.15) is 5.82 Å². The van der Waals surface area contributed by atoms with Gasteiger partial charge in [-0.25, -0.2) is 8.78 Å². The molecule has 0 bridgehead atoms. The molecular weight excluding hydrogens is 362 g/mol. The lowest BCUT2D eigenvalue weighted by Crippen LogP contribution is -2.41. The highest BCUT2D eigenvalue weighted by Gasteiger charge is 2.36. The molecule has 3 rings (SSSR count). The summed E-state index contributed by atoms with van der Waals surface area (Å²) in [6, 6.07) is 5.12. The van der Waals surface area contributed by atoms with Crippen LogP contribution in [-0.2, 0) is 20.6 Å². The lowest BCUT2D eigenvalue weighted by Gasteiger charge is -2.34. The first-order valence-corrected chi connectivity index (χ1v) is 10.8. The number of alkyl halides is 1. The predicted octanol–water partition coefficient (Wildman–Crippen LogP) is 5.91. The molecule has 2 atom stereocenters. The van der Waals surface area contributed by atoms with E-state index in [1.807, 2.05) is 19.1 Å². The van der Waals surface area contributed by atoms with Crippen molar-refractivity contribution in [3.8, 4) is 0 Å². The van der Waals surface area contributed by atoms with Crippen molar-refractivity contribution in [1.82, 2.24) is 0 Å². The van der Waals surface area contributed by atoms with Gasteiger partial charge in [-0.1, -0.05) is 38.8 Å². The number of hydrogen-bond acceptors (Lipinski definition) is 3. The van der Waals surface area contributed by atoms with Crippen LogP contribution in [0.15, 0.2) is 18.2 Å². The van der Waals surface area contributed by atoms with Crippen molar-refractivity contribution in [3.63, 3.8) is 0 Å². The van der Waals surface area contributed by atoms with E-state index in [9.17, 15) is 8.78 Å². The Morgan fingerprint density at radius 2 is 1.82 bits per heavy atom. The standard InChI is InChI=1S/C23H34F2O3/c1-3-5-20-11-7-17(14-26-20)6-8-18-9-10-19(13-21(18)24)22-27-15-23(25,12-4-2)16-28-22/h9-10,13,17,20,22H,3-8,11-12,14-16H2,1-2H3. The van der Waals surface area contributed by atoms with E-state index in [0.29, 0.717) is 36.0 Å². The molecule has 5 heteroatoms. The van der Waals surface area contributed by atoms with Crippen molar-refractivity contribution in [3.05, 3.63) is 35.1 Å². The summed E-state index contributed by atoms with van der Waals surface area (Å²) in [6.45, 7) is 4.90. The normalized spacial score (nSPS) is 31.1. The Kier molecular flexibility index (Phi) is 7.84. The van der Waals surface area contributed by atoms with Crippen LogP contribution < -0.4 is 0 Å². The molecule has 2 saturated heterocycles. The van der Waals surface area contributed by atoms with Crippen LogP contribution in [0, 0.1) is 11.7 Å². The average Bonchev–Trinajstić information content (AvgIpc) is 2.69. The minimum Gasteiger partial charge on any atom is -0.378 e. The zero-order valence-corrected chi connectivity index (χ0v) is 17.2. The molecule has 0 radical (unpaired) electrons. The van der Waals surface area contributed by atoms with Gasteiger partial charge in [-0.15, -0.1) is 0 Å². The highest BCUT2D eigenvalue weighted by Crippen LogP contribution is 2.33. The van der Waals surface area contributed by atoms with E-state index in [1.165, 1.54) is 6.07 Å². The summed E-state index contributed by atoms with van der Waals surface area (Å²) in [4.78, 5) is 0. The van der Waals surface area contributed by atoms with Crippen LogP contribution in [0.4, 0.5) is 8.78 Å². The van der Waals surface area contributed by atoms with E-state index < -0.39 is 12.0 Å². The number of halogens is 2. The molecule has 2 fully saturated rings. The first kappa shape index (κ1) is 21.7. The molecular formula is C23H34F2O3. The molecule has 2 aliphatic rings. The summed E-state index contributed by atoms with van der Waals surface area (Å²) in [7, 11) is 0. The van der Waals surface area contributed by atoms with Gasteiger partial charge in [0.25, 0.3) is 0 Å². The maximum absolute atomic E-state index is 14.6. The third-order valence-corrected chi connectivity index (χ3v) is 5.93. The summed E-state index contributed by atoms with van der Waals surface area (Å²) >= 11 is 0. The molecule has 0 saturated carbocycles. The summed E-state index contributed by atoms with van der Waals surface area (Å²) in [6.07, 6.45) is 7.09. The molecule has 0 aliphatic carbocycles. The van der Waals surface area contributed by atoms with Crippen LogP contribution >= 0.6 is 0 Å². The molecule has 28 heavy (non-hydrogen) atoms. The van der Waals surface area contributed by atoms with Crippen LogP contribution in [0.1, 0.15) is 76.2 Å². The maximum Gasteiger partial charge on any atom is 0.184 e. The number of hydrogen-bond donors (Lipinski definition) is 0. The second-order valence-electron chi connectivity index (χ2n) is 8.43. The van der Waals surface area contributed by atoms with Gasteiger partial charge in [0.05, 0.1) is 19.3 Å². The quantitative estimate of drug-likeness (QED) is 0.547. The molecule has 0 aromatic heterocycles. The van der Waals surface area contributed by atoms with Crippen LogP contribution in [0.5, 0.6) is 0 Å². The molecule has 0 spiro atoms. The molecule has 1 aromatic rings. The van der Waals surface area contributed by atoms with E-state index in [-0.39, 0.29) is 19.0 Å². The third kappa shape index (κ3) is 5.74. The third-order valence-electron chi connectivity index (χ3n) is 5.93. The average molecular weight is 397 g/mol. The van der Waals surface area contributed by atoms with Crippen LogP contribution in [0.2, 0.25) is 0 Å². The van der Waals surface area contributed by atoms with E-state index in [4.69, 9.17) is 14.2 Å². The summed E-state index contributed by atoms with van der Waals surface area (Å²) in [5.41, 5.74) is -0.105. The van der Waals surface area contributed by atoms with Crippen LogP contribution in [-0.4, -0.2) is 31.6 Å². The molecule has 1 aromatic carbocycles. The van der Waals surface area contributed by atoms with Crippen molar-refractivity contribution < 1.29 is 23.0 Å². The number of benzene rings is 1. The Hall–Kier alpha value is -1.04. The molecule has 0 amide bonds. The van der Waals surface area contributed by atoms with E-state index in [0.717, 1.165) is 45.1 Å². The van der Waals surface area contributed by atoms with Crippen LogP contribution in [0.25, 0.3) is 0 Å². The molecule has 2 heterocycles. The first-order chi connectivity index (χ1) is 13.5. The SMILES string of the molecule is CCCC1CCC(CCc2ccc(C3OCC(F)(CCC)CO3)cc2F)CO1. The molecule has 0 N–H and O–H groups in total. The largest absolute Gasteiger partial charge is 0.378 e. The topological polar surface area (TPSA) is 27.7 Å². The Labute approximate surface area is 167 Å². The van der Waals surface area contributed by atoms with Crippen molar-refractivity contribution in [1.29, 1.82) is 0 Å². The Morgan fingerprint density at radius 1 is 1.04 bits per heavy atom. The fourth-order valence-electron chi connectivity index (χ4n) is 4.23. The van der Waals surface area contributed by atoms with Crippen molar-refractivity contribution in [2.24, 2.45) is 5.92 Å². The minimum absolute atomic E-state index is 0.00438. The van der Waals surface area contributed by atoms with Gasteiger partial charge in [-0.05, 0) is 56.1 Å². The zero-order valence-electron chi connectivity index (χ0n) is 17.2. The van der Waals surface area contributed by atoms with Crippen molar-refractivity contribution in [2.75, 3.05) is 19.8 Å².